The van der Waals surface area contributed by atoms with Crippen molar-refractivity contribution in [3.05, 3.63) is 201 Å². The van der Waals surface area contributed by atoms with E-state index in [0.29, 0.717) is 22.6 Å². The van der Waals surface area contributed by atoms with E-state index in [1.807, 2.05) is 78.9 Å². The average Bonchev–Trinajstić information content (AvgIpc) is 3.29. The van der Waals surface area contributed by atoms with E-state index in [1.54, 1.807) is 0 Å². The van der Waals surface area contributed by atoms with Gasteiger partial charge in [0, 0.05) is 24.7 Å². The number of para-hydroxylation sites is 1. The molecule has 0 amide bonds. The van der Waals surface area contributed by atoms with Crippen LogP contribution in [-0.4, -0.2) is 11.9 Å². The first kappa shape index (κ1) is 45.4. The fraction of sp³-hybridized carbons (Fsp3) is 0.0196. The summed E-state index contributed by atoms with van der Waals surface area (Å²) in [6.07, 6.45) is 0.825. The van der Waals surface area contributed by atoms with Crippen LogP contribution in [0.25, 0.3) is 11.1 Å². The molecule has 64 heavy (non-hydrogen) atoms. The van der Waals surface area contributed by atoms with Gasteiger partial charge in [0.15, 0.2) is 42.6 Å². The highest BCUT2D eigenvalue weighted by atomic mass is 127. The maximum Gasteiger partial charge on any atom is 0.343 e. The minimum Gasteiger partial charge on any atom is -0.447 e. The van der Waals surface area contributed by atoms with Crippen LogP contribution in [0.4, 0.5) is 0 Å². The third-order valence-electron chi connectivity index (χ3n) is 10.6. The molecule has 0 radical (unpaired) electrons. The summed E-state index contributed by atoms with van der Waals surface area (Å²) in [5.74, 6) is 2.06. The zero-order valence-corrected chi connectivity index (χ0v) is 47.4. The highest BCUT2D eigenvalue weighted by Gasteiger charge is 2.41. The van der Waals surface area contributed by atoms with Crippen LogP contribution < -0.4 is 14.2 Å². The first-order valence-electron chi connectivity index (χ1n) is 19.5. The molecule has 0 bridgehead atoms. The van der Waals surface area contributed by atoms with Crippen molar-refractivity contribution in [2.45, 2.75) is 35.8 Å². The smallest absolute Gasteiger partial charge is 0.343 e. The molecule has 0 saturated heterocycles. The number of benzene rings is 8. The SMILES string of the molecule is O=C(Oc1c(I)cc(I)cc1I)c1ccc([S+]2c3ccccc3Cc3cc(-c4ccc5c(c4)Oc4ccccc4[S+]5c4ccc(C(=O)Oc5c(I)cc(I)cc5I)cc4)ccc32)cc1. The monoisotopic (exact) mass is 1550 g/mol. The van der Waals surface area contributed by atoms with Gasteiger partial charge < -0.3 is 14.2 Å². The van der Waals surface area contributed by atoms with Crippen LogP contribution in [-0.2, 0) is 28.2 Å². The van der Waals surface area contributed by atoms with Gasteiger partial charge in [-0.1, -0.05) is 30.3 Å². The molecule has 2 heterocycles. The van der Waals surface area contributed by atoms with E-state index in [1.165, 1.54) is 20.9 Å². The second-order valence-corrected chi connectivity index (χ2v) is 25.7. The predicted octanol–water partition coefficient (Wildman–Crippen LogP) is 15.6. The maximum absolute atomic E-state index is 13.4. The number of ether oxygens (including phenoxy) is 3. The highest BCUT2D eigenvalue weighted by molar-refractivity contribution is 14.1. The van der Waals surface area contributed by atoms with Crippen molar-refractivity contribution < 1.29 is 23.8 Å². The van der Waals surface area contributed by atoms with E-state index < -0.39 is 10.9 Å². The van der Waals surface area contributed by atoms with Gasteiger partial charge in [0.25, 0.3) is 0 Å². The van der Waals surface area contributed by atoms with Gasteiger partial charge in [-0.25, -0.2) is 9.59 Å². The summed E-state index contributed by atoms with van der Waals surface area (Å²) in [6, 6.07) is 54.0. The zero-order chi connectivity index (χ0) is 44.2. The Morgan fingerprint density at radius 3 is 1.44 bits per heavy atom. The van der Waals surface area contributed by atoms with E-state index in [-0.39, 0.29) is 22.8 Å². The zero-order valence-electron chi connectivity index (χ0n) is 32.8. The molecule has 8 aromatic rings. The second kappa shape index (κ2) is 19.3. The fourth-order valence-corrected chi connectivity index (χ4v) is 19.8. The van der Waals surface area contributed by atoms with Gasteiger partial charge in [-0.3, -0.25) is 0 Å². The molecule has 0 N–H and O–H groups in total. The molecule has 0 saturated carbocycles. The van der Waals surface area contributed by atoms with E-state index in [0.717, 1.165) is 70.0 Å². The third-order valence-corrected chi connectivity index (χ3v) is 19.8. The lowest BCUT2D eigenvalue weighted by Gasteiger charge is -2.22. The summed E-state index contributed by atoms with van der Waals surface area (Å²) in [5, 5.41) is 0. The first-order valence-corrected chi connectivity index (χ1v) is 28.5. The number of carbonyl (C=O) groups excluding carboxylic acids is 2. The molecule has 2 unspecified atom stereocenters. The summed E-state index contributed by atoms with van der Waals surface area (Å²) < 4.78 is 24.2. The van der Waals surface area contributed by atoms with Crippen LogP contribution in [0.3, 0.4) is 0 Å². The van der Waals surface area contributed by atoms with Crippen LogP contribution in [0.1, 0.15) is 31.8 Å². The van der Waals surface area contributed by atoms with Crippen LogP contribution in [0.15, 0.2) is 187 Å². The topological polar surface area (TPSA) is 61.8 Å². The van der Waals surface area contributed by atoms with Crippen molar-refractivity contribution in [1.82, 2.24) is 0 Å². The molecule has 13 heteroatoms. The third kappa shape index (κ3) is 9.14. The van der Waals surface area contributed by atoms with Crippen molar-refractivity contribution in [1.29, 1.82) is 0 Å². The Labute approximate surface area is 457 Å². The molecule has 0 aliphatic carbocycles. The standard InChI is InChI=1S/C51H28I6O5S2/c52-34-24-38(54)48(39(55)25-34)61-50(58)28-9-15-36(16-10-28)63-44-7-3-1-5-32(44)22-33-21-30(13-19-45(33)63)31-14-20-47-43(23-31)60-42-6-2-4-8-46(42)64(47)37-17-11-29(12-18-37)51(59)62-49-40(56)26-35(53)27-41(49)57/h1-21,23-27H,22H2/q+2. The van der Waals surface area contributed by atoms with Gasteiger partial charge in [-0.15, -0.1) is 0 Å². The van der Waals surface area contributed by atoms with Gasteiger partial charge in [-0.2, -0.15) is 0 Å². The average molecular weight is 1550 g/mol. The van der Waals surface area contributed by atoms with E-state index in [9.17, 15) is 9.59 Å². The summed E-state index contributed by atoms with van der Waals surface area (Å²) in [5.41, 5.74) is 5.77. The number of hydrogen-bond donors (Lipinski definition) is 0. The van der Waals surface area contributed by atoms with E-state index in [2.05, 4.69) is 214 Å². The summed E-state index contributed by atoms with van der Waals surface area (Å²) in [6.45, 7) is 0. The molecular weight excluding hydrogens is 1520 g/mol. The maximum atomic E-state index is 13.4. The predicted molar refractivity (Wildman–Crippen MR) is 304 cm³/mol. The highest BCUT2D eigenvalue weighted by Crippen LogP contribution is 2.49. The Bertz CT molecular complexity index is 2940. The lowest BCUT2D eigenvalue weighted by Crippen LogP contribution is -2.16. The second-order valence-electron chi connectivity index (χ2n) is 14.7. The summed E-state index contributed by atoms with van der Waals surface area (Å²) in [7, 11) is -0.845. The Hall–Kier alpha value is -2.42. The van der Waals surface area contributed by atoms with E-state index in [4.69, 9.17) is 14.2 Å². The van der Waals surface area contributed by atoms with Crippen molar-refractivity contribution in [2.75, 3.05) is 0 Å². The van der Waals surface area contributed by atoms with Crippen molar-refractivity contribution in [2.24, 2.45) is 0 Å². The Morgan fingerprint density at radius 1 is 0.438 bits per heavy atom. The molecule has 2 atom stereocenters. The van der Waals surface area contributed by atoms with Crippen molar-refractivity contribution in [3.63, 3.8) is 0 Å². The molecule has 8 aromatic carbocycles. The number of halogens is 6. The van der Waals surface area contributed by atoms with Gasteiger partial charge in [0.1, 0.15) is 10.9 Å². The molecule has 0 spiro atoms. The van der Waals surface area contributed by atoms with Crippen LogP contribution in [0.5, 0.6) is 23.0 Å². The van der Waals surface area contributed by atoms with Crippen molar-refractivity contribution >= 4 is 169 Å². The Balaban J connectivity index is 0.937. The Morgan fingerprint density at radius 2 is 0.875 bits per heavy atom. The first-order chi connectivity index (χ1) is 31.0. The number of rotatable bonds is 7. The van der Waals surface area contributed by atoms with Crippen LogP contribution in [0, 0.1) is 21.4 Å². The minimum atomic E-state index is -0.472. The fourth-order valence-electron chi connectivity index (χ4n) is 7.66. The van der Waals surface area contributed by atoms with Crippen molar-refractivity contribution in [3.8, 4) is 34.1 Å². The van der Waals surface area contributed by atoms with Gasteiger partial charge in [0.2, 0.25) is 9.79 Å². The normalized spacial score (nSPS) is 14.6. The molecule has 2 aliphatic heterocycles. The molecule has 0 aromatic heterocycles. The molecule has 10 rings (SSSR count). The number of carbonyl (C=O) groups is 2. The van der Waals surface area contributed by atoms with Gasteiger partial charge >= 0.3 is 11.9 Å². The van der Waals surface area contributed by atoms with Crippen LogP contribution in [0.2, 0.25) is 0 Å². The number of fused-ring (bicyclic) bond motifs is 4. The molecule has 0 fully saturated rings. The molecule has 2 aliphatic rings. The quantitative estimate of drug-likeness (QED) is 0.0689. The summed E-state index contributed by atoms with van der Waals surface area (Å²) in [4.78, 5) is 33.7. The minimum absolute atomic E-state index is 0.371. The van der Waals surface area contributed by atoms with Gasteiger partial charge in [0.05, 0.1) is 36.3 Å². The molecule has 5 nitrogen and oxygen atoms in total. The lowest BCUT2D eigenvalue weighted by molar-refractivity contribution is 0.0722. The number of esters is 2. The van der Waals surface area contributed by atoms with Crippen LogP contribution >= 0.6 is 136 Å². The Kier molecular flexibility index (Phi) is 13.7. The lowest BCUT2D eigenvalue weighted by atomic mass is 9.98. The van der Waals surface area contributed by atoms with E-state index >= 15 is 0 Å². The molecule has 314 valence electrons. The summed E-state index contributed by atoms with van der Waals surface area (Å²) >= 11 is 13.4. The largest absolute Gasteiger partial charge is 0.447 e. The number of hydrogen-bond acceptors (Lipinski definition) is 5. The van der Waals surface area contributed by atoms with Gasteiger partial charge in [-0.05, 0) is 274 Å². The molecular formula is C51H28I6O5S2+2.